The third-order valence-corrected chi connectivity index (χ3v) is 0.400. The van der Waals surface area contributed by atoms with Crippen molar-refractivity contribution in [1.29, 1.82) is 0 Å². The first-order chi connectivity index (χ1) is 4.13. The van der Waals surface area contributed by atoms with Crippen LogP contribution in [0.5, 0.6) is 0 Å². The summed E-state index contributed by atoms with van der Waals surface area (Å²) in [5.41, 5.74) is 1.09. The van der Waals surface area contributed by atoms with Gasteiger partial charge in [0.05, 0.1) is 0 Å². The normalized spacial score (nSPS) is 6.89. The molecular weight excluding hydrogens is 136 g/mol. The highest BCUT2D eigenvalue weighted by atomic mass is 35.5. The molecule has 0 aromatic rings. The Morgan fingerprint density at radius 2 is 1.56 bits per heavy atom. The molecule has 0 atom stereocenters. The molecule has 0 aliphatic rings. The van der Waals surface area contributed by atoms with Gasteiger partial charge in [-0.05, 0) is 13.8 Å². The summed E-state index contributed by atoms with van der Waals surface area (Å²) in [6.45, 7) is 3.94. The Bertz CT molecular complexity index is 75.1. The molecule has 9 heavy (non-hydrogen) atoms. The molecule has 0 aromatic heterocycles. The number of hydrogen-bond donors (Lipinski definition) is 0. The van der Waals surface area contributed by atoms with Crippen molar-refractivity contribution in [3.63, 3.8) is 0 Å². The van der Waals surface area contributed by atoms with E-state index in [0.29, 0.717) is 0 Å². The van der Waals surface area contributed by atoms with Crippen LogP contribution in [0.1, 0.15) is 13.8 Å². The summed E-state index contributed by atoms with van der Waals surface area (Å²) in [5, 5.41) is 5.81. The SMILES string of the molecule is CC(C)=NN(C)C.CCl. The van der Waals surface area contributed by atoms with Crippen LogP contribution in [0, 0.1) is 0 Å². The van der Waals surface area contributed by atoms with Crippen LogP contribution in [0.3, 0.4) is 0 Å². The van der Waals surface area contributed by atoms with E-state index >= 15 is 0 Å². The molecule has 0 bridgehead atoms. The maximum Gasteiger partial charge on any atom is 0.0318 e. The second-order valence-electron chi connectivity index (χ2n) is 1.89. The highest BCUT2D eigenvalue weighted by Crippen LogP contribution is 1.76. The Morgan fingerprint density at radius 1 is 1.22 bits per heavy atom. The number of hydrazone groups is 1. The molecule has 0 aliphatic carbocycles. The second-order valence-corrected chi connectivity index (χ2v) is 1.89. The third kappa shape index (κ3) is 18.2. The quantitative estimate of drug-likeness (QED) is 0.316. The van der Waals surface area contributed by atoms with E-state index in [2.05, 4.69) is 16.7 Å². The molecule has 0 heterocycles. The zero-order valence-corrected chi connectivity index (χ0v) is 7.53. The smallest absolute Gasteiger partial charge is 0.0318 e. The minimum atomic E-state index is 1.09. The van der Waals surface area contributed by atoms with Gasteiger partial charge < -0.3 is 5.01 Å². The summed E-state index contributed by atoms with van der Waals surface area (Å²) < 4.78 is 0. The van der Waals surface area contributed by atoms with Crippen molar-refractivity contribution in [2.45, 2.75) is 13.8 Å². The van der Waals surface area contributed by atoms with Gasteiger partial charge in [-0.15, -0.1) is 11.6 Å². The molecule has 2 nitrogen and oxygen atoms in total. The van der Waals surface area contributed by atoms with Crippen LogP contribution in [0.2, 0.25) is 0 Å². The van der Waals surface area contributed by atoms with Gasteiger partial charge in [-0.2, -0.15) is 5.10 Å². The minimum Gasteiger partial charge on any atom is -0.303 e. The summed E-state index contributed by atoms with van der Waals surface area (Å²) in [6, 6.07) is 0. The van der Waals surface area contributed by atoms with Crippen LogP contribution < -0.4 is 0 Å². The van der Waals surface area contributed by atoms with Gasteiger partial charge in [0.25, 0.3) is 0 Å². The van der Waals surface area contributed by atoms with Crippen LogP contribution in [-0.2, 0) is 0 Å². The first kappa shape index (κ1) is 11.5. The molecule has 0 aliphatic heterocycles. The molecule has 0 aromatic carbocycles. The van der Waals surface area contributed by atoms with Gasteiger partial charge in [-0.1, -0.05) is 0 Å². The van der Waals surface area contributed by atoms with Crippen LogP contribution >= 0.6 is 11.6 Å². The minimum absolute atomic E-state index is 1.09. The van der Waals surface area contributed by atoms with E-state index in [-0.39, 0.29) is 0 Å². The molecule has 0 fully saturated rings. The maximum atomic E-state index is 4.64. The lowest BCUT2D eigenvalue weighted by molar-refractivity contribution is 0.437. The summed E-state index contributed by atoms with van der Waals surface area (Å²) in [4.78, 5) is 0. The lowest BCUT2D eigenvalue weighted by Gasteiger charge is -2.02. The molecular formula is C6H15ClN2. The Hall–Kier alpha value is -0.240. The van der Waals surface area contributed by atoms with Crippen LogP contribution in [0.15, 0.2) is 5.10 Å². The Labute approximate surface area is 62.5 Å². The van der Waals surface area contributed by atoms with E-state index in [1.807, 2.05) is 27.9 Å². The molecule has 0 spiro atoms. The fourth-order valence-corrected chi connectivity index (χ4v) is 0.400. The average Bonchev–Trinajstić information content (AvgIpc) is 1.68. The molecule has 3 heteroatoms. The largest absolute Gasteiger partial charge is 0.303 e. The summed E-state index contributed by atoms with van der Waals surface area (Å²) in [6.07, 6.45) is 1.47. The van der Waals surface area contributed by atoms with Gasteiger partial charge in [0.2, 0.25) is 0 Å². The van der Waals surface area contributed by atoms with Gasteiger partial charge in [0, 0.05) is 26.2 Å². The van der Waals surface area contributed by atoms with Crippen molar-refractivity contribution in [2.75, 3.05) is 20.5 Å². The van der Waals surface area contributed by atoms with Crippen molar-refractivity contribution in [2.24, 2.45) is 5.10 Å². The molecule has 0 rings (SSSR count). The number of halogens is 1. The fourth-order valence-electron chi connectivity index (χ4n) is 0.400. The molecule has 0 N–H and O–H groups in total. The van der Waals surface area contributed by atoms with Crippen LogP contribution in [-0.4, -0.2) is 31.2 Å². The van der Waals surface area contributed by atoms with Gasteiger partial charge in [-0.3, -0.25) is 0 Å². The van der Waals surface area contributed by atoms with Gasteiger partial charge in [-0.25, -0.2) is 0 Å². The lowest BCUT2D eigenvalue weighted by Crippen LogP contribution is -2.03. The summed E-state index contributed by atoms with van der Waals surface area (Å²) in [7, 11) is 3.82. The van der Waals surface area contributed by atoms with Gasteiger partial charge >= 0.3 is 0 Å². The van der Waals surface area contributed by atoms with Crippen LogP contribution in [0.25, 0.3) is 0 Å². The topological polar surface area (TPSA) is 15.6 Å². The molecule has 0 saturated carbocycles. The van der Waals surface area contributed by atoms with Crippen molar-refractivity contribution >= 4 is 17.3 Å². The first-order valence-electron chi connectivity index (χ1n) is 2.70. The highest BCUT2D eigenvalue weighted by molar-refractivity contribution is 6.15. The van der Waals surface area contributed by atoms with E-state index in [9.17, 15) is 0 Å². The lowest BCUT2D eigenvalue weighted by atomic mass is 10.5. The number of alkyl halides is 1. The van der Waals surface area contributed by atoms with E-state index in [0.717, 1.165) is 5.71 Å². The summed E-state index contributed by atoms with van der Waals surface area (Å²) in [5.74, 6) is 0. The number of rotatable bonds is 1. The monoisotopic (exact) mass is 150 g/mol. The van der Waals surface area contributed by atoms with Crippen molar-refractivity contribution < 1.29 is 0 Å². The summed E-state index contributed by atoms with van der Waals surface area (Å²) >= 11 is 4.64. The molecule has 0 unspecified atom stereocenters. The fraction of sp³-hybridized carbons (Fsp3) is 0.833. The predicted octanol–water partition coefficient (Wildman–Crippen LogP) is 1.80. The van der Waals surface area contributed by atoms with E-state index < -0.39 is 0 Å². The molecule has 0 saturated heterocycles. The first-order valence-corrected chi connectivity index (χ1v) is 3.45. The Kier molecular flexibility index (Phi) is 9.95. The van der Waals surface area contributed by atoms with Gasteiger partial charge in [0.1, 0.15) is 0 Å². The van der Waals surface area contributed by atoms with E-state index in [4.69, 9.17) is 0 Å². The zero-order valence-electron chi connectivity index (χ0n) is 6.77. The molecule has 0 amide bonds. The standard InChI is InChI=1S/C5H12N2.CH3Cl/c1-5(2)6-7(3)4;1-2/h1-4H3;1H3. The maximum absolute atomic E-state index is 4.64. The van der Waals surface area contributed by atoms with Crippen molar-refractivity contribution in [1.82, 2.24) is 5.01 Å². The van der Waals surface area contributed by atoms with E-state index in [1.54, 1.807) is 5.01 Å². The number of nitrogens with zero attached hydrogens (tertiary/aromatic N) is 2. The Balaban J connectivity index is 0. The average molecular weight is 151 g/mol. The molecule has 0 radical (unpaired) electrons. The number of hydrogen-bond acceptors (Lipinski definition) is 2. The van der Waals surface area contributed by atoms with Crippen molar-refractivity contribution in [3.05, 3.63) is 0 Å². The third-order valence-electron chi connectivity index (χ3n) is 0.400. The van der Waals surface area contributed by atoms with Gasteiger partial charge in [0.15, 0.2) is 0 Å². The highest BCUT2D eigenvalue weighted by Gasteiger charge is 1.76. The van der Waals surface area contributed by atoms with Crippen molar-refractivity contribution in [3.8, 4) is 0 Å². The van der Waals surface area contributed by atoms with E-state index in [1.165, 1.54) is 6.38 Å². The molecule has 56 valence electrons. The second kappa shape index (κ2) is 7.76. The zero-order chi connectivity index (χ0) is 7.86. The predicted molar refractivity (Wildman–Crippen MR) is 44.2 cm³/mol. The Morgan fingerprint density at radius 3 is 1.56 bits per heavy atom. The van der Waals surface area contributed by atoms with Crippen LogP contribution in [0.4, 0.5) is 0 Å².